The first-order valence-corrected chi connectivity index (χ1v) is 17.7. The lowest BCUT2D eigenvalue weighted by Crippen LogP contribution is -2.41. The Morgan fingerprint density at radius 3 is 1.13 bits per heavy atom. The van der Waals surface area contributed by atoms with E-state index in [4.69, 9.17) is 0 Å². The number of rotatable bonds is 30. The molecular weight excluding hydrogens is 464 g/mol. The van der Waals surface area contributed by atoms with E-state index < -0.39 is 11.4 Å². The lowest BCUT2D eigenvalue weighted by atomic mass is 9.64. The highest BCUT2D eigenvalue weighted by atomic mass is 16.4. The Kier molecular flexibility index (Phi) is 26.3. The van der Waals surface area contributed by atoms with Crippen LogP contribution >= 0.6 is 0 Å². The van der Waals surface area contributed by atoms with Crippen molar-refractivity contribution in [3.8, 4) is 0 Å². The van der Waals surface area contributed by atoms with Crippen LogP contribution in [0.4, 0.5) is 0 Å². The van der Waals surface area contributed by atoms with Gasteiger partial charge in [-0.25, -0.2) is 0 Å². The minimum Gasteiger partial charge on any atom is -0.481 e. The van der Waals surface area contributed by atoms with E-state index in [1.165, 1.54) is 148 Å². The third-order valence-electron chi connectivity index (χ3n) is 9.42. The molecule has 0 aliphatic carbocycles. The normalized spacial score (nSPS) is 14.2. The molecule has 0 radical (unpaired) electrons. The van der Waals surface area contributed by atoms with Crippen LogP contribution in [0.15, 0.2) is 0 Å². The number of hydrogen-bond acceptors (Lipinski definition) is 1. The molecule has 0 bridgehead atoms. The van der Waals surface area contributed by atoms with Crippen LogP contribution in [0.5, 0.6) is 0 Å². The van der Waals surface area contributed by atoms with Crippen molar-refractivity contribution < 1.29 is 9.90 Å². The van der Waals surface area contributed by atoms with Gasteiger partial charge in [-0.2, -0.15) is 0 Å². The summed E-state index contributed by atoms with van der Waals surface area (Å²) >= 11 is 0. The summed E-state index contributed by atoms with van der Waals surface area (Å²) < 4.78 is 0. The fourth-order valence-electron chi connectivity index (χ4n) is 6.78. The van der Waals surface area contributed by atoms with Gasteiger partial charge in [-0.05, 0) is 31.1 Å². The molecular formula is C36H72O2. The molecule has 1 N–H and O–H groups in total. The van der Waals surface area contributed by atoms with E-state index in [-0.39, 0.29) is 0 Å². The molecule has 0 spiro atoms. The predicted octanol–water partition coefficient (Wildman–Crippen LogP) is 12.9. The summed E-state index contributed by atoms with van der Waals surface area (Å²) in [6.07, 6.45) is 35.1. The monoisotopic (exact) mass is 537 g/mol. The van der Waals surface area contributed by atoms with Gasteiger partial charge >= 0.3 is 5.97 Å². The van der Waals surface area contributed by atoms with Crippen molar-refractivity contribution in [2.75, 3.05) is 0 Å². The molecule has 0 fully saturated rings. The Labute approximate surface area is 240 Å². The maximum absolute atomic E-state index is 12.6. The molecule has 0 rings (SSSR count). The molecule has 0 saturated heterocycles. The zero-order chi connectivity index (χ0) is 28.3. The molecule has 2 heteroatoms. The molecule has 0 saturated carbocycles. The summed E-state index contributed by atoms with van der Waals surface area (Å²) in [5, 5.41) is 10.4. The van der Waals surface area contributed by atoms with Gasteiger partial charge < -0.3 is 5.11 Å². The largest absolute Gasteiger partial charge is 0.481 e. The summed E-state index contributed by atoms with van der Waals surface area (Å²) in [5.74, 6) is 0.220. The van der Waals surface area contributed by atoms with Crippen LogP contribution < -0.4 is 0 Å². The van der Waals surface area contributed by atoms with Crippen LogP contribution in [0.1, 0.15) is 208 Å². The van der Waals surface area contributed by atoms with E-state index in [9.17, 15) is 9.90 Å². The molecule has 228 valence electrons. The van der Waals surface area contributed by atoms with Crippen molar-refractivity contribution >= 4 is 5.97 Å². The number of carbonyl (C=O) groups is 1. The van der Waals surface area contributed by atoms with Gasteiger partial charge in [0.1, 0.15) is 0 Å². The SMILES string of the molecule is CCCCCCCCCCCCCCCC(C(C)C)C(CC)(CCCCCCCCCCCCC)C(=O)O. The highest BCUT2D eigenvalue weighted by molar-refractivity contribution is 5.75. The Morgan fingerprint density at radius 1 is 0.526 bits per heavy atom. The number of hydrogen-bond donors (Lipinski definition) is 1. The maximum Gasteiger partial charge on any atom is 0.309 e. The van der Waals surface area contributed by atoms with Crippen molar-refractivity contribution in [1.82, 2.24) is 0 Å². The second kappa shape index (κ2) is 26.7. The topological polar surface area (TPSA) is 37.3 Å². The molecule has 0 amide bonds. The smallest absolute Gasteiger partial charge is 0.309 e. The maximum atomic E-state index is 12.6. The highest BCUT2D eigenvalue weighted by Gasteiger charge is 2.44. The number of carboxylic acids is 1. The first kappa shape index (κ1) is 37.5. The second-order valence-electron chi connectivity index (χ2n) is 13.0. The number of carboxylic acid groups (broad SMARTS) is 1. The van der Waals surface area contributed by atoms with E-state index in [1.54, 1.807) is 0 Å². The summed E-state index contributed by atoms with van der Waals surface area (Å²) in [6.45, 7) is 11.2. The molecule has 2 nitrogen and oxygen atoms in total. The molecule has 0 heterocycles. The summed E-state index contributed by atoms with van der Waals surface area (Å²) in [4.78, 5) is 12.6. The van der Waals surface area contributed by atoms with E-state index in [0.717, 1.165) is 25.7 Å². The van der Waals surface area contributed by atoms with Crippen LogP contribution in [-0.2, 0) is 4.79 Å². The van der Waals surface area contributed by atoms with E-state index in [1.807, 2.05) is 0 Å². The Morgan fingerprint density at radius 2 is 0.842 bits per heavy atom. The summed E-state index contributed by atoms with van der Waals surface area (Å²) in [6, 6.07) is 0. The third kappa shape index (κ3) is 18.7. The lowest BCUT2D eigenvalue weighted by Gasteiger charge is -2.39. The number of unbranched alkanes of at least 4 members (excludes halogenated alkanes) is 22. The van der Waals surface area contributed by atoms with Crippen molar-refractivity contribution in [3.05, 3.63) is 0 Å². The van der Waals surface area contributed by atoms with Crippen molar-refractivity contribution in [3.63, 3.8) is 0 Å². The first-order valence-electron chi connectivity index (χ1n) is 17.7. The standard InChI is InChI=1S/C36H72O2/c1-6-9-11-13-15-17-19-20-21-23-25-27-29-31-34(33(4)5)36(8-3,35(37)38)32-30-28-26-24-22-18-16-14-12-10-7-2/h33-34H,6-32H2,1-5H3,(H,37,38). The second-order valence-corrected chi connectivity index (χ2v) is 13.0. The van der Waals surface area contributed by atoms with Gasteiger partial charge in [-0.3, -0.25) is 4.79 Å². The van der Waals surface area contributed by atoms with E-state index >= 15 is 0 Å². The Balaban J connectivity index is 4.20. The molecule has 38 heavy (non-hydrogen) atoms. The molecule has 0 aromatic rings. The molecule has 0 aromatic heterocycles. The predicted molar refractivity (Wildman–Crippen MR) is 170 cm³/mol. The molecule has 0 aliphatic rings. The first-order chi connectivity index (χ1) is 18.5. The van der Waals surface area contributed by atoms with Gasteiger partial charge in [0.2, 0.25) is 0 Å². The third-order valence-corrected chi connectivity index (χ3v) is 9.42. The van der Waals surface area contributed by atoms with Crippen LogP contribution in [0.3, 0.4) is 0 Å². The van der Waals surface area contributed by atoms with E-state index in [0.29, 0.717) is 11.8 Å². The lowest BCUT2D eigenvalue weighted by molar-refractivity contribution is -0.155. The fraction of sp³-hybridized carbons (Fsp3) is 0.972. The Bertz CT molecular complexity index is 500. The van der Waals surface area contributed by atoms with Crippen LogP contribution in [-0.4, -0.2) is 11.1 Å². The molecule has 2 atom stereocenters. The molecule has 0 aromatic carbocycles. The zero-order valence-electron chi connectivity index (χ0n) is 27.1. The number of aliphatic carboxylic acids is 1. The fourth-order valence-corrected chi connectivity index (χ4v) is 6.78. The van der Waals surface area contributed by atoms with Gasteiger partial charge in [-0.1, -0.05) is 189 Å². The van der Waals surface area contributed by atoms with Crippen molar-refractivity contribution in [2.24, 2.45) is 17.3 Å². The van der Waals surface area contributed by atoms with Crippen LogP contribution in [0, 0.1) is 17.3 Å². The minimum atomic E-state index is -0.527. The average Bonchev–Trinajstić information content (AvgIpc) is 2.90. The van der Waals surface area contributed by atoms with Gasteiger partial charge in [0.25, 0.3) is 0 Å². The molecule has 0 aliphatic heterocycles. The van der Waals surface area contributed by atoms with Gasteiger partial charge in [0, 0.05) is 0 Å². The van der Waals surface area contributed by atoms with Crippen molar-refractivity contribution in [1.29, 1.82) is 0 Å². The highest BCUT2D eigenvalue weighted by Crippen LogP contribution is 2.44. The van der Waals surface area contributed by atoms with Gasteiger partial charge in [0.05, 0.1) is 5.41 Å². The van der Waals surface area contributed by atoms with E-state index in [2.05, 4.69) is 34.6 Å². The zero-order valence-corrected chi connectivity index (χ0v) is 27.1. The Hall–Kier alpha value is -0.530. The molecule has 2 unspecified atom stereocenters. The summed E-state index contributed by atoms with van der Waals surface area (Å²) in [5.41, 5.74) is -0.523. The minimum absolute atomic E-state index is 0.306. The average molecular weight is 537 g/mol. The van der Waals surface area contributed by atoms with Gasteiger partial charge in [-0.15, -0.1) is 0 Å². The van der Waals surface area contributed by atoms with Crippen LogP contribution in [0.2, 0.25) is 0 Å². The van der Waals surface area contributed by atoms with Gasteiger partial charge in [0.15, 0.2) is 0 Å². The summed E-state index contributed by atoms with van der Waals surface area (Å²) in [7, 11) is 0. The van der Waals surface area contributed by atoms with Crippen molar-refractivity contribution in [2.45, 2.75) is 208 Å². The quantitative estimate of drug-likeness (QED) is 0.0927. The van der Waals surface area contributed by atoms with Crippen LogP contribution in [0.25, 0.3) is 0 Å².